The number of hydrogen-bond donors (Lipinski definition) is 1. The Morgan fingerprint density at radius 3 is 2.80 bits per heavy atom. The molecule has 15 heavy (non-hydrogen) atoms. The molecule has 1 atom stereocenters. The van der Waals surface area contributed by atoms with Crippen molar-refractivity contribution in [2.24, 2.45) is 0 Å². The number of nitrogens with one attached hydrogen (secondary N) is 1. The first-order valence-corrected chi connectivity index (χ1v) is 5.55. The van der Waals surface area contributed by atoms with Crippen molar-refractivity contribution in [2.75, 3.05) is 13.2 Å². The van der Waals surface area contributed by atoms with Crippen molar-refractivity contribution in [3.05, 3.63) is 0 Å². The first-order chi connectivity index (χ1) is 7.24. The number of ether oxygens (including phenoxy) is 1. The summed E-state index contributed by atoms with van der Waals surface area (Å²) in [5.41, 5.74) is 0. The standard InChI is InChI=1S/C12H21NO2/c1-4-8-11(5-2)13-12(14)9-7-10-15-6-3/h1,11H,5-10H2,2-3H3,(H,13,14). The van der Waals surface area contributed by atoms with Crippen LogP contribution in [0.1, 0.15) is 39.5 Å². The van der Waals surface area contributed by atoms with Crippen LogP contribution < -0.4 is 5.32 Å². The molecule has 0 aliphatic rings. The van der Waals surface area contributed by atoms with Gasteiger partial charge in [-0.3, -0.25) is 4.79 Å². The van der Waals surface area contributed by atoms with Crippen LogP contribution in [0.4, 0.5) is 0 Å². The fourth-order valence-electron chi connectivity index (χ4n) is 1.22. The third-order valence-electron chi connectivity index (χ3n) is 2.12. The molecule has 0 aliphatic heterocycles. The van der Waals surface area contributed by atoms with E-state index in [4.69, 9.17) is 11.2 Å². The van der Waals surface area contributed by atoms with E-state index in [0.717, 1.165) is 12.8 Å². The van der Waals surface area contributed by atoms with Gasteiger partial charge < -0.3 is 10.1 Å². The molecule has 0 spiro atoms. The van der Waals surface area contributed by atoms with E-state index in [1.807, 2.05) is 13.8 Å². The predicted octanol–water partition coefficient (Wildman–Crippen LogP) is 1.72. The van der Waals surface area contributed by atoms with Gasteiger partial charge in [0.05, 0.1) is 0 Å². The van der Waals surface area contributed by atoms with Gasteiger partial charge in [-0.15, -0.1) is 12.3 Å². The highest BCUT2D eigenvalue weighted by Crippen LogP contribution is 1.98. The lowest BCUT2D eigenvalue weighted by molar-refractivity contribution is -0.122. The molecule has 86 valence electrons. The van der Waals surface area contributed by atoms with Crippen molar-refractivity contribution in [3.63, 3.8) is 0 Å². The van der Waals surface area contributed by atoms with Crippen LogP contribution in [0, 0.1) is 12.3 Å². The first kappa shape index (κ1) is 14.0. The summed E-state index contributed by atoms with van der Waals surface area (Å²) in [5.74, 6) is 2.63. The molecule has 0 saturated carbocycles. The molecule has 0 saturated heterocycles. The van der Waals surface area contributed by atoms with Crippen molar-refractivity contribution in [2.45, 2.75) is 45.6 Å². The monoisotopic (exact) mass is 211 g/mol. The summed E-state index contributed by atoms with van der Waals surface area (Å²) in [5, 5.41) is 2.91. The normalized spacial score (nSPS) is 11.8. The zero-order valence-corrected chi connectivity index (χ0v) is 9.71. The lowest BCUT2D eigenvalue weighted by Crippen LogP contribution is -2.34. The molecule has 1 amide bonds. The Balaban J connectivity index is 3.58. The number of terminal acetylenes is 1. The molecule has 0 rings (SSSR count). The molecular weight excluding hydrogens is 190 g/mol. The largest absolute Gasteiger partial charge is 0.382 e. The number of hydrogen-bond acceptors (Lipinski definition) is 2. The van der Waals surface area contributed by atoms with Gasteiger partial charge in [0, 0.05) is 32.1 Å². The summed E-state index contributed by atoms with van der Waals surface area (Å²) in [7, 11) is 0. The summed E-state index contributed by atoms with van der Waals surface area (Å²) in [6.07, 6.45) is 7.97. The second-order valence-corrected chi connectivity index (χ2v) is 3.38. The van der Waals surface area contributed by atoms with E-state index < -0.39 is 0 Å². The molecule has 0 heterocycles. The van der Waals surface area contributed by atoms with Crippen LogP contribution in [-0.4, -0.2) is 25.2 Å². The maximum atomic E-state index is 11.4. The van der Waals surface area contributed by atoms with Crippen LogP contribution in [0.2, 0.25) is 0 Å². The zero-order chi connectivity index (χ0) is 11.5. The van der Waals surface area contributed by atoms with Crippen molar-refractivity contribution in [1.82, 2.24) is 5.32 Å². The number of amides is 1. The van der Waals surface area contributed by atoms with Gasteiger partial charge in [-0.05, 0) is 19.8 Å². The van der Waals surface area contributed by atoms with Crippen LogP contribution in [0.5, 0.6) is 0 Å². The first-order valence-electron chi connectivity index (χ1n) is 5.55. The van der Waals surface area contributed by atoms with E-state index in [0.29, 0.717) is 26.1 Å². The van der Waals surface area contributed by atoms with E-state index in [1.54, 1.807) is 0 Å². The summed E-state index contributed by atoms with van der Waals surface area (Å²) in [4.78, 5) is 11.4. The third-order valence-corrected chi connectivity index (χ3v) is 2.12. The topological polar surface area (TPSA) is 38.3 Å². The number of carbonyl (C=O) groups excluding carboxylic acids is 1. The SMILES string of the molecule is C#CCC(CC)NC(=O)CCCOCC. The third kappa shape index (κ3) is 8.02. The molecule has 1 unspecified atom stereocenters. The Bertz CT molecular complexity index is 208. The second kappa shape index (κ2) is 9.54. The van der Waals surface area contributed by atoms with Gasteiger partial charge in [0.2, 0.25) is 5.91 Å². The van der Waals surface area contributed by atoms with Crippen LogP contribution in [-0.2, 0) is 9.53 Å². The minimum absolute atomic E-state index is 0.0665. The summed E-state index contributed by atoms with van der Waals surface area (Å²) in [6.45, 7) is 5.31. The van der Waals surface area contributed by atoms with Gasteiger partial charge in [0.25, 0.3) is 0 Å². The van der Waals surface area contributed by atoms with Gasteiger partial charge >= 0.3 is 0 Å². The van der Waals surface area contributed by atoms with E-state index >= 15 is 0 Å². The Morgan fingerprint density at radius 2 is 2.27 bits per heavy atom. The Labute approximate surface area is 92.6 Å². The second-order valence-electron chi connectivity index (χ2n) is 3.38. The molecule has 0 aromatic heterocycles. The van der Waals surface area contributed by atoms with Crippen molar-refractivity contribution >= 4 is 5.91 Å². The predicted molar refractivity (Wildman–Crippen MR) is 61.4 cm³/mol. The average molecular weight is 211 g/mol. The molecule has 0 fully saturated rings. The minimum Gasteiger partial charge on any atom is -0.382 e. The van der Waals surface area contributed by atoms with Crippen molar-refractivity contribution in [1.29, 1.82) is 0 Å². The highest BCUT2D eigenvalue weighted by atomic mass is 16.5. The van der Waals surface area contributed by atoms with E-state index in [1.165, 1.54) is 0 Å². The molecule has 0 aromatic rings. The number of rotatable bonds is 8. The fraction of sp³-hybridized carbons (Fsp3) is 0.750. The van der Waals surface area contributed by atoms with Crippen molar-refractivity contribution in [3.8, 4) is 12.3 Å². The number of carbonyl (C=O) groups is 1. The Kier molecular flexibility index (Phi) is 8.90. The van der Waals surface area contributed by atoms with Gasteiger partial charge in [-0.2, -0.15) is 0 Å². The summed E-state index contributed by atoms with van der Waals surface area (Å²) >= 11 is 0. The molecule has 0 bridgehead atoms. The molecule has 0 aromatic carbocycles. The molecule has 1 N–H and O–H groups in total. The van der Waals surface area contributed by atoms with E-state index in [2.05, 4.69) is 11.2 Å². The Hall–Kier alpha value is -1.01. The smallest absolute Gasteiger partial charge is 0.220 e. The van der Waals surface area contributed by atoms with Gasteiger partial charge in [-0.25, -0.2) is 0 Å². The zero-order valence-electron chi connectivity index (χ0n) is 9.71. The summed E-state index contributed by atoms with van der Waals surface area (Å²) < 4.78 is 5.15. The maximum Gasteiger partial charge on any atom is 0.220 e. The molecule has 3 nitrogen and oxygen atoms in total. The van der Waals surface area contributed by atoms with E-state index in [-0.39, 0.29) is 11.9 Å². The van der Waals surface area contributed by atoms with E-state index in [9.17, 15) is 4.79 Å². The highest BCUT2D eigenvalue weighted by Gasteiger charge is 2.08. The lowest BCUT2D eigenvalue weighted by Gasteiger charge is -2.13. The van der Waals surface area contributed by atoms with Crippen LogP contribution in [0.15, 0.2) is 0 Å². The molecule has 0 radical (unpaired) electrons. The van der Waals surface area contributed by atoms with Gasteiger partial charge in [0.15, 0.2) is 0 Å². The fourth-order valence-corrected chi connectivity index (χ4v) is 1.22. The van der Waals surface area contributed by atoms with Gasteiger partial charge in [0.1, 0.15) is 0 Å². The molecular formula is C12H21NO2. The van der Waals surface area contributed by atoms with Gasteiger partial charge in [-0.1, -0.05) is 6.92 Å². The van der Waals surface area contributed by atoms with Crippen molar-refractivity contribution < 1.29 is 9.53 Å². The molecule has 3 heteroatoms. The highest BCUT2D eigenvalue weighted by molar-refractivity contribution is 5.76. The maximum absolute atomic E-state index is 11.4. The van der Waals surface area contributed by atoms with Crippen LogP contribution in [0.3, 0.4) is 0 Å². The van der Waals surface area contributed by atoms with Crippen LogP contribution >= 0.6 is 0 Å². The average Bonchev–Trinajstić information content (AvgIpc) is 2.24. The quantitative estimate of drug-likeness (QED) is 0.490. The van der Waals surface area contributed by atoms with Crippen LogP contribution in [0.25, 0.3) is 0 Å². The lowest BCUT2D eigenvalue weighted by atomic mass is 10.1. The molecule has 0 aliphatic carbocycles. The summed E-state index contributed by atoms with van der Waals surface area (Å²) in [6, 6.07) is 0.120. The Morgan fingerprint density at radius 1 is 1.53 bits per heavy atom. The minimum atomic E-state index is 0.0665.